The maximum Gasteiger partial charge on any atom is 0.220 e. The lowest BCUT2D eigenvalue weighted by Gasteiger charge is -2.34. The average molecular weight is 408 g/mol. The van der Waals surface area contributed by atoms with Gasteiger partial charge in [-0.25, -0.2) is 8.42 Å². The van der Waals surface area contributed by atoms with Crippen LogP contribution in [0, 0.1) is 0 Å². The van der Waals surface area contributed by atoms with Crippen LogP contribution in [0.25, 0.3) is 10.9 Å². The van der Waals surface area contributed by atoms with Crippen LogP contribution in [0.5, 0.6) is 0 Å². The van der Waals surface area contributed by atoms with Gasteiger partial charge in [-0.05, 0) is 38.3 Å². The minimum Gasteiger partial charge on any atom is -0.373 e. The average Bonchev–Trinajstić information content (AvgIpc) is 3.04. The molecule has 0 spiro atoms. The molecule has 2 N–H and O–H groups in total. The number of fused-ring (bicyclic) bond motifs is 1. The first kappa shape index (κ1) is 20.8. The van der Waals surface area contributed by atoms with E-state index in [0.29, 0.717) is 19.5 Å². The molecule has 1 aromatic carbocycles. The highest BCUT2D eigenvalue weighted by Crippen LogP contribution is 2.19. The van der Waals surface area contributed by atoms with Crippen molar-refractivity contribution < 1.29 is 17.9 Å². The highest BCUT2D eigenvalue weighted by molar-refractivity contribution is 7.89. The molecule has 1 aromatic heterocycles. The van der Waals surface area contributed by atoms with E-state index < -0.39 is 10.0 Å². The molecule has 1 aliphatic rings. The molecule has 0 radical (unpaired) electrons. The monoisotopic (exact) mass is 407 g/mol. The number of carbonyl (C=O) groups is 1. The predicted molar refractivity (Wildman–Crippen MR) is 110 cm³/mol. The van der Waals surface area contributed by atoms with Crippen LogP contribution in [-0.2, 0) is 26.0 Å². The standard InChI is InChI=1S/C20H29N3O4S/c1-15-13-23(14-16(2)27-15)28(25,26)11-10-21-20(24)9-5-6-17-12-22-19-8-4-3-7-18(17)19/h3-4,7-8,12,15-16,22H,5-6,9-11,13-14H2,1-2H3,(H,21,24). The van der Waals surface area contributed by atoms with Crippen LogP contribution in [-0.4, -0.2) is 61.2 Å². The molecular formula is C20H29N3O4S. The molecule has 2 atom stereocenters. The molecule has 0 aliphatic carbocycles. The SMILES string of the molecule is CC1CN(S(=O)(=O)CCNC(=O)CCCc2c[nH]c3ccccc23)CC(C)O1. The molecule has 3 rings (SSSR count). The molecule has 1 saturated heterocycles. The van der Waals surface area contributed by atoms with E-state index in [1.54, 1.807) is 0 Å². The summed E-state index contributed by atoms with van der Waals surface area (Å²) in [6.07, 6.45) is 3.67. The molecule has 0 bridgehead atoms. The van der Waals surface area contributed by atoms with E-state index in [9.17, 15) is 13.2 Å². The maximum atomic E-state index is 12.5. The lowest BCUT2D eigenvalue weighted by molar-refractivity contribution is -0.121. The van der Waals surface area contributed by atoms with Gasteiger partial charge >= 0.3 is 0 Å². The van der Waals surface area contributed by atoms with Gasteiger partial charge in [0.2, 0.25) is 15.9 Å². The van der Waals surface area contributed by atoms with E-state index in [0.717, 1.165) is 18.4 Å². The Hall–Kier alpha value is -1.90. The van der Waals surface area contributed by atoms with Gasteiger partial charge in [-0.2, -0.15) is 4.31 Å². The third-order valence-electron chi connectivity index (χ3n) is 4.99. The van der Waals surface area contributed by atoms with Crippen LogP contribution in [0.3, 0.4) is 0 Å². The third kappa shape index (κ3) is 5.33. The van der Waals surface area contributed by atoms with Gasteiger partial charge in [-0.15, -0.1) is 0 Å². The second-order valence-electron chi connectivity index (χ2n) is 7.45. The zero-order valence-electron chi connectivity index (χ0n) is 16.5. The number of nitrogens with zero attached hydrogens (tertiary/aromatic N) is 1. The minimum atomic E-state index is -3.39. The van der Waals surface area contributed by atoms with Crippen molar-refractivity contribution in [1.82, 2.24) is 14.6 Å². The number of para-hydroxylation sites is 1. The molecule has 2 aromatic rings. The fourth-order valence-corrected chi connectivity index (χ4v) is 5.16. The van der Waals surface area contributed by atoms with Crippen LogP contribution in [0.15, 0.2) is 30.5 Å². The molecular weight excluding hydrogens is 378 g/mol. The van der Waals surface area contributed by atoms with Crippen molar-refractivity contribution in [3.63, 3.8) is 0 Å². The summed E-state index contributed by atoms with van der Waals surface area (Å²) in [7, 11) is -3.39. The Kier molecular flexibility index (Phi) is 6.74. The van der Waals surface area contributed by atoms with Crippen molar-refractivity contribution in [3.8, 4) is 0 Å². The van der Waals surface area contributed by atoms with Gasteiger partial charge in [-0.3, -0.25) is 4.79 Å². The summed E-state index contributed by atoms with van der Waals surface area (Å²) >= 11 is 0. The molecule has 1 aliphatic heterocycles. The van der Waals surface area contributed by atoms with Crippen LogP contribution < -0.4 is 5.32 Å². The maximum absolute atomic E-state index is 12.5. The predicted octanol–water partition coefficient (Wildman–Crippen LogP) is 2.05. The number of aryl methyl sites for hydroxylation is 1. The number of aromatic nitrogens is 1. The van der Waals surface area contributed by atoms with Crippen LogP contribution in [0.1, 0.15) is 32.3 Å². The molecule has 2 unspecified atom stereocenters. The summed E-state index contributed by atoms with van der Waals surface area (Å²) < 4.78 is 32.0. The lowest BCUT2D eigenvalue weighted by atomic mass is 10.1. The normalized spacial score (nSPS) is 21.1. The first-order valence-electron chi connectivity index (χ1n) is 9.80. The summed E-state index contributed by atoms with van der Waals surface area (Å²) in [5.74, 6) is -0.195. The molecule has 1 fully saturated rings. The van der Waals surface area contributed by atoms with Gasteiger partial charge in [-0.1, -0.05) is 18.2 Å². The van der Waals surface area contributed by atoms with E-state index in [-0.39, 0.29) is 30.4 Å². The molecule has 2 heterocycles. The van der Waals surface area contributed by atoms with Crippen molar-refractivity contribution in [3.05, 3.63) is 36.0 Å². The summed E-state index contributed by atoms with van der Waals surface area (Å²) in [4.78, 5) is 15.3. The topological polar surface area (TPSA) is 91.5 Å². The van der Waals surface area contributed by atoms with Crippen LogP contribution in [0.4, 0.5) is 0 Å². The van der Waals surface area contributed by atoms with E-state index >= 15 is 0 Å². The number of ether oxygens (including phenoxy) is 1. The number of hydrogen-bond acceptors (Lipinski definition) is 4. The Morgan fingerprint density at radius 1 is 1.25 bits per heavy atom. The number of H-pyrrole nitrogens is 1. The van der Waals surface area contributed by atoms with E-state index in [1.165, 1.54) is 15.3 Å². The molecule has 154 valence electrons. The number of benzene rings is 1. The number of carbonyl (C=O) groups excluding carboxylic acids is 1. The number of morpholine rings is 1. The molecule has 8 heteroatoms. The van der Waals surface area contributed by atoms with Crippen LogP contribution >= 0.6 is 0 Å². The number of aromatic amines is 1. The Morgan fingerprint density at radius 2 is 1.96 bits per heavy atom. The number of nitrogens with one attached hydrogen (secondary N) is 2. The fraction of sp³-hybridized carbons (Fsp3) is 0.550. The Morgan fingerprint density at radius 3 is 2.71 bits per heavy atom. The van der Waals surface area contributed by atoms with Crippen molar-refractivity contribution in [2.24, 2.45) is 0 Å². The van der Waals surface area contributed by atoms with Crippen molar-refractivity contribution in [1.29, 1.82) is 0 Å². The zero-order valence-corrected chi connectivity index (χ0v) is 17.3. The van der Waals surface area contributed by atoms with Crippen molar-refractivity contribution in [2.75, 3.05) is 25.4 Å². The number of rotatable bonds is 8. The first-order valence-corrected chi connectivity index (χ1v) is 11.4. The smallest absolute Gasteiger partial charge is 0.220 e. The van der Waals surface area contributed by atoms with E-state index in [4.69, 9.17) is 4.74 Å². The fourth-order valence-electron chi connectivity index (χ4n) is 3.67. The number of sulfonamides is 1. The van der Waals surface area contributed by atoms with Gasteiger partial charge in [0, 0.05) is 43.2 Å². The summed E-state index contributed by atoms with van der Waals surface area (Å²) in [6.45, 7) is 4.60. The summed E-state index contributed by atoms with van der Waals surface area (Å²) in [6, 6.07) is 8.09. The van der Waals surface area contributed by atoms with Crippen molar-refractivity contribution in [2.45, 2.75) is 45.3 Å². The molecule has 7 nitrogen and oxygen atoms in total. The Bertz CT molecular complexity index is 899. The number of amides is 1. The largest absolute Gasteiger partial charge is 0.373 e. The lowest BCUT2D eigenvalue weighted by Crippen LogP contribution is -2.49. The molecule has 1 amide bonds. The van der Waals surface area contributed by atoms with Crippen molar-refractivity contribution >= 4 is 26.8 Å². The van der Waals surface area contributed by atoms with Crippen LogP contribution in [0.2, 0.25) is 0 Å². The van der Waals surface area contributed by atoms with Gasteiger partial charge in [0.05, 0.1) is 18.0 Å². The van der Waals surface area contributed by atoms with Gasteiger partial charge in [0.1, 0.15) is 0 Å². The summed E-state index contributed by atoms with van der Waals surface area (Å²) in [5.41, 5.74) is 2.29. The van der Waals surface area contributed by atoms with Gasteiger partial charge in [0.25, 0.3) is 0 Å². The third-order valence-corrected chi connectivity index (χ3v) is 6.79. The highest BCUT2D eigenvalue weighted by atomic mass is 32.2. The minimum absolute atomic E-state index is 0.0827. The Labute approximate surface area is 166 Å². The second kappa shape index (κ2) is 9.07. The number of hydrogen-bond donors (Lipinski definition) is 2. The van der Waals surface area contributed by atoms with E-state index in [1.807, 2.05) is 38.2 Å². The van der Waals surface area contributed by atoms with Gasteiger partial charge in [0.15, 0.2) is 0 Å². The molecule has 28 heavy (non-hydrogen) atoms. The van der Waals surface area contributed by atoms with E-state index in [2.05, 4.69) is 16.4 Å². The highest BCUT2D eigenvalue weighted by Gasteiger charge is 2.30. The second-order valence-corrected chi connectivity index (χ2v) is 9.54. The van der Waals surface area contributed by atoms with Gasteiger partial charge < -0.3 is 15.0 Å². The zero-order chi connectivity index (χ0) is 20.1. The Balaban J connectivity index is 1.39. The molecule has 0 saturated carbocycles. The quantitative estimate of drug-likeness (QED) is 0.701. The summed E-state index contributed by atoms with van der Waals surface area (Å²) in [5, 5.41) is 3.92. The first-order chi connectivity index (χ1) is 13.3.